The lowest BCUT2D eigenvalue weighted by Gasteiger charge is -2.18. The first-order valence-electron chi connectivity index (χ1n) is 6.71. The molecule has 2 aromatic rings. The molecule has 0 aliphatic heterocycles. The largest absolute Gasteiger partial charge is 0.460 e. The maximum atomic E-state index is 11.9. The Bertz CT molecular complexity index is 594. The Labute approximate surface area is 124 Å². The molecule has 0 N–H and O–H groups in total. The Morgan fingerprint density at radius 3 is 2.52 bits per heavy atom. The van der Waals surface area contributed by atoms with Gasteiger partial charge in [0.05, 0.1) is 12.1 Å². The van der Waals surface area contributed by atoms with Crippen LogP contribution in [0.1, 0.15) is 15.9 Å². The smallest absolute Gasteiger partial charge is 0.338 e. The molecular weight excluding hydrogens is 264 g/mol. The molecule has 1 aromatic heterocycles. The van der Waals surface area contributed by atoms with Crippen molar-refractivity contribution in [1.82, 2.24) is 4.98 Å². The molecular formula is C17H18N2O2. The average molecular weight is 282 g/mol. The minimum atomic E-state index is -0.311. The van der Waals surface area contributed by atoms with Crippen LogP contribution in [-0.4, -0.2) is 31.2 Å². The molecule has 1 heterocycles. The van der Waals surface area contributed by atoms with Crippen LogP contribution in [0.3, 0.4) is 0 Å². The molecule has 21 heavy (non-hydrogen) atoms. The Hall–Kier alpha value is -2.62. The standard InChI is InChI=1S/C17H18N2O2/c1-3-14-4-6-15(7-5-14)17(20)21-13-12-19(2)16-8-10-18-11-9-16/h3-11H,1,12-13H2,2H3. The number of hydrogen-bond acceptors (Lipinski definition) is 4. The molecule has 4 nitrogen and oxygen atoms in total. The molecule has 2 rings (SSSR count). The summed E-state index contributed by atoms with van der Waals surface area (Å²) in [5.74, 6) is -0.311. The number of carbonyl (C=O) groups is 1. The second kappa shape index (κ2) is 7.24. The number of esters is 1. The Balaban J connectivity index is 1.82. The topological polar surface area (TPSA) is 42.4 Å². The highest BCUT2D eigenvalue weighted by Gasteiger charge is 2.07. The molecule has 0 aliphatic rings. The summed E-state index contributed by atoms with van der Waals surface area (Å²) < 4.78 is 5.27. The Morgan fingerprint density at radius 2 is 1.90 bits per heavy atom. The average Bonchev–Trinajstić information content (AvgIpc) is 2.55. The van der Waals surface area contributed by atoms with E-state index in [1.807, 2.05) is 36.2 Å². The van der Waals surface area contributed by atoms with Crippen molar-refractivity contribution < 1.29 is 9.53 Å². The summed E-state index contributed by atoms with van der Waals surface area (Å²) in [6, 6.07) is 11.0. The zero-order valence-electron chi connectivity index (χ0n) is 12.0. The van der Waals surface area contributed by atoms with Crippen LogP contribution in [0.4, 0.5) is 5.69 Å². The summed E-state index contributed by atoms with van der Waals surface area (Å²) in [4.78, 5) is 17.9. The first-order valence-corrected chi connectivity index (χ1v) is 6.71. The molecule has 0 amide bonds. The molecule has 1 aromatic carbocycles. The van der Waals surface area contributed by atoms with Gasteiger partial charge in [-0.3, -0.25) is 4.98 Å². The third kappa shape index (κ3) is 4.18. The van der Waals surface area contributed by atoms with Crippen LogP contribution >= 0.6 is 0 Å². The summed E-state index contributed by atoms with van der Waals surface area (Å²) in [6.07, 6.45) is 5.21. The summed E-state index contributed by atoms with van der Waals surface area (Å²) in [7, 11) is 1.95. The van der Waals surface area contributed by atoms with Crippen molar-refractivity contribution in [2.45, 2.75) is 0 Å². The van der Waals surface area contributed by atoms with E-state index in [4.69, 9.17) is 4.74 Å². The molecule has 0 radical (unpaired) electrons. The van der Waals surface area contributed by atoms with E-state index in [9.17, 15) is 4.79 Å². The maximum Gasteiger partial charge on any atom is 0.338 e. The van der Waals surface area contributed by atoms with E-state index in [0.717, 1.165) is 11.3 Å². The molecule has 0 fully saturated rings. The number of carbonyl (C=O) groups excluding carboxylic acids is 1. The second-order valence-corrected chi connectivity index (χ2v) is 4.59. The molecule has 108 valence electrons. The summed E-state index contributed by atoms with van der Waals surface area (Å²) >= 11 is 0. The first-order chi connectivity index (χ1) is 10.2. The van der Waals surface area contributed by atoms with Gasteiger partial charge >= 0.3 is 5.97 Å². The SMILES string of the molecule is C=Cc1ccc(C(=O)OCCN(C)c2ccncc2)cc1. The van der Waals surface area contributed by atoms with Gasteiger partial charge in [-0.15, -0.1) is 0 Å². The highest BCUT2D eigenvalue weighted by molar-refractivity contribution is 5.89. The van der Waals surface area contributed by atoms with Crippen molar-refractivity contribution in [2.24, 2.45) is 0 Å². The van der Waals surface area contributed by atoms with Crippen LogP contribution in [0.25, 0.3) is 6.08 Å². The van der Waals surface area contributed by atoms with E-state index in [1.165, 1.54) is 0 Å². The predicted octanol–water partition coefficient (Wildman–Crippen LogP) is 3.02. The molecule has 0 saturated heterocycles. The number of pyridine rings is 1. The molecule has 0 spiro atoms. The number of benzene rings is 1. The number of aromatic nitrogens is 1. The van der Waals surface area contributed by atoms with Gasteiger partial charge in [0.2, 0.25) is 0 Å². The van der Waals surface area contributed by atoms with E-state index in [1.54, 1.807) is 30.6 Å². The monoisotopic (exact) mass is 282 g/mol. The van der Waals surface area contributed by atoms with Gasteiger partial charge in [0.1, 0.15) is 6.61 Å². The highest BCUT2D eigenvalue weighted by atomic mass is 16.5. The first kappa shape index (κ1) is 14.8. The fraction of sp³-hybridized carbons (Fsp3) is 0.176. The van der Waals surface area contributed by atoms with Crippen molar-refractivity contribution in [1.29, 1.82) is 0 Å². The fourth-order valence-electron chi connectivity index (χ4n) is 1.84. The van der Waals surface area contributed by atoms with Crippen molar-refractivity contribution >= 4 is 17.7 Å². The Kier molecular flexibility index (Phi) is 5.10. The number of ether oxygens (including phenoxy) is 1. The Morgan fingerprint density at radius 1 is 1.24 bits per heavy atom. The molecule has 0 aliphatic carbocycles. The van der Waals surface area contributed by atoms with E-state index >= 15 is 0 Å². The molecule has 0 atom stereocenters. The zero-order chi connectivity index (χ0) is 15.1. The predicted molar refractivity (Wildman–Crippen MR) is 84.3 cm³/mol. The zero-order valence-corrected chi connectivity index (χ0v) is 12.0. The van der Waals surface area contributed by atoms with Crippen LogP contribution in [0.5, 0.6) is 0 Å². The van der Waals surface area contributed by atoms with E-state index in [2.05, 4.69) is 11.6 Å². The number of anilines is 1. The van der Waals surface area contributed by atoms with Crippen LogP contribution < -0.4 is 4.90 Å². The number of nitrogens with zero attached hydrogens (tertiary/aromatic N) is 2. The van der Waals surface area contributed by atoms with Gasteiger partial charge in [-0.05, 0) is 29.8 Å². The molecule has 4 heteroatoms. The molecule has 0 unspecified atom stereocenters. The van der Waals surface area contributed by atoms with Crippen molar-refractivity contribution in [3.8, 4) is 0 Å². The van der Waals surface area contributed by atoms with Crippen LogP contribution in [0.2, 0.25) is 0 Å². The fourth-order valence-corrected chi connectivity index (χ4v) is 1.84. The van der Waals surface area contributed by atoms with E-state index in [0.29, 0.717) is 18.7 Å². The lowest BCUT2D eigenvalue weighted by atomic mass is 10.1. The third-order valence-corrected chi connectivity index (χ3v) is 3.15. The van der Waals surface area contributed by atoms with Gasteiger partial charge in [-0.2, -0.15) is 0 Å². The minimum Gasteiger partial charge on any atom is -0.460 e. The van der Waals surface area contributed by atoms with Gasteiger partial charge in [0.15, 0.2) is 0 Å². The normalized spacial score (nSPS) is 9.95. The van der Waals surface area contributed by atoms with Gasteiger partial charge in [-0.1, -0.05) is 24.8 Å². The van der Waals surface area contributed by atoms with Gasteiger partial charge in [-0.25, -0.2) is 4.79 Å². The van der Waals surface area contributed by atoms with Gasteiger partial charge in [0.25, 0.3) is 0 Å². The summed E-state index contributed by atoms with van der Waals surface area (Å²) in [5.41, 5.74) is 2.56. The lowest BCUT2D eigenvalue weighted by molar-refractivity contribution is 0.0516. The van der Waals surface area contributed by atoms with E-state index < -0.39 is 0 Å². The van der Waals surface area contributed by atoms with Crippen molar-refractivity contribution in [2.75, 3.05) is 25.1 Å². The number of rotatable bonds is 6. The van der Waals surface area contributed by atoms with Crippen molar-refractivity contribution in [3.63, 3.8) is 0 Å². The molecule has 0 bridgehead atoms. The maximum absolute atomic E-state index is 11.9. The lowest BCUT2D eigenvalue weighted by Crippen LogP contribution is -2.23. The van der Waals surface area contributed by atoms with E-state index in [-0.39, 0.29) is 5.97 Å². The van der Waals surface area contributed by atoms with Crippen LogP contribution in [0.15, 0.2) is 55.4 Å². The number of hydrogen-bond donors (Lipinski definition) is 0. The van der Waals surface area contributed by atoms with Gasteiger partial charge < -0.3 is 9.64 Å². The summed E-state index contributed by atoms with van der Waals surface area (Å²) in [6.45, 7) is 4.64. The van der Waals surface area contributed by atoms with Crippen LogP contribution in [0, 0.1) is 0 Å². The third-order valence-electron chi connectivity index (χ3n) is 3.15. The summed E-state index contributed by atoms with van der Waals surface area (Å²) in [5, 5.41) is 0. The molecule has 0 saturated carbocycles. The second-order valence-electron chi connectivity index (χ2n) is 4.59. The minimum absolute atomic E-state index is 0.311. The highest BCUT2D eigenvalue weighted by Crippen LogP contribution is 2.10. The quantitative estimate of drug-likeness (QED) is 0.764. The van der Waals surface area contributed by atoms with Crippen molar-refractivity contribution in [3.05, 3.63) is 66.5 Å². The van der Waals surface area contributed by atoms with Crippen LogP contribution in [-0.2, 0) is 4.74 Å². The van der Waals surface area contributed by atoms with Gasteiger partial charge in [0, 0.05) is 25.1 Å². The number of likely N-dealkylation sites (N-methyl/N-ethyl adjacent to an activating group) is 1.